The van der Waals surface area contributed by atoms with Crippen LogP contribution in [0.1, 0.15) is 39.0 Å². The first-order valence-corrected chi connectivity index (χ1v) is 6.58. The zero-order valence-corrected chi connectivity index (χ0v) is 10.7. The third-order valence-electron chi connectivity index (χ3n) is 2.84. The Balaban J connectivity index is 0.00000169. The summed E-state index contributed by atoms with van der Waals surface area (Å²) in [6.45, 7) is 2.99. The largest absolute Gasteiger partial charge is 0.330 e. The quantitative estimate of drug-likeness (QED) is 0.793. The summed E-state index contributed by atoms with van der Waals surface area (Å²) < 4.78 is 0. The Morgan fingerprint density at radius 1 is 1.36 bits per heavy atom. The Morgan fingerprint density at radius 3 is 2.50 bits per heavy atom. The highest BCUT2D eigenvalue weighted by atomic mass is 35.5. The molecule has 0 bridgehead atoms. The van der Waals surface area contributed by atoms with Gasteiger partial charge in [-0.05, 0) is 37.5 Å². The van der Waals surface area contributed by atoms with Crippen LogP contribution in [0.15, 0.2) is 0 Å². The van der Waals surface area contributed by atoms with E-state index in [1.807, 2.05) is 0 Å². The predicted octanol–water partition coefficient (Wildman–Crippen LogP) is 3.27. The molecule has 1 rings (SSSR count). The molecule has 3 heteroatoms. The standard InChI is InChI=1S/C11H22NS.ClH/c1-2-13-11(8-9-12)10-6-4-3-5-7-10;/h8,10-11H,2-7,9,12H2,1H3;1H. The van der Waals surface area contributed by atoms with Gasteiger partial charge in [0.15, 0.2) is 0 Å². The molecule has 0 aromatic heterocycles. The second kappa shape index (κ2) is 8.87. The molecule has 14 heavy (non-hydrogen) atoms. The highest BCUT2D eigenvalue weighted by Crippen LogP contribution is 2.33. The number of nitrogens with two attached hydrogens (primary N) is 1. The fourth-order valence-corrected chi connectivity index (χ4v) is 3.36. The molecule has 1 fully saturated rings. The van der Waals surface area contributed by atoms with E-state index in [-0.39, 0.29) is 12.4 Å². The first-order chi connectivity index (χ1) is 6.38. The van der Waals surface area contributed by atoms with Gasteiger partial charge in [0.1, 0.15) is 0 Å². The lowest BCUT2D eigenvalue weighted by atomic mass is 9.86. The van der Waals surface area contributed by atoms with Crippen molar-refractivity contribution in [1.82, 2.24) is 0 Å². The van der Waals surface area contributed by atoms with Crippen molar-refractivity contribution in [1.29, 1.82) is 0 Å². The van der Waals surface area contributed by atoms with Crippen molar-refractivity contribution in [3.05, 3.63) is 6.42 Å². The monoisotopic (exact) mass is 236 g/mol. The lowest BCUT2D eigenvalue weighted by Gasteiger charge is -2.29. The Kier molecular flexibility index (Phi) is 9.25. The Hall–Kier alpha value is 0.600. The van der Waals surface area contributed by atoms with E-state index >= 15 is 0 Å². The van der Waals surface area contributed by atoms with E-state index in [4.69, 9.17) is 5.73 Å². The summed E-state index contributed by atoms with van der Waals surface area (Å²) in [6, 6.07) is 0. The molecule has 1 aliphatic carbocycles. The normalized spacial score (nSPS) is 20.1. The van der Waals surface area contributed by atoms with Crippen LogP contribution in [0, 0.1) is 12.3 Å². The van der Waals surface area contributed by atoms with E-state index < -0.39 is 0 Å². The molecule has 1 atom stereocenters. The minimum absolute atomic E-state index is 0. The molecule has 1 aliphatic rings. The minimum Gasteiger partial charge on any atom is -0.330 e. The number of hydrogen-bond donors (Lipinski definition) is 1. The van der Waals surface area contributed by atoms with Gasteiger partial charge in [0.05, 0.1) is 0 Å². The number of hydrogen-bond acceptors (Lipinski definition) is 2. The van der Waals surface area contributed by atoms with Gasteiger partial charge in [-0.1, -0.05) is 26.2 Å². The summed E-state index contributed by atoms with van der Waals surface area (Å²) in [4.78, 5) is 0. The number of halogens is 1. The van der Waals surface area contributed by atoms with Crippen LogP contribution in [0.4, 0.5) is 0 Å². The molecule has 0 spiro atoms. The van der Waals surface area contributed by atoms with Gasteiger partial charge in [0.2, 0.25) is 0 Å². The van der Waals surface area contributed by atoms with Crippen LogP contribution in [0.2, 0.25) is 0 Å². The smallest absolute Gasteiger partial charge is 0.0119 e. The number of rotatable bonds is 5. The maximum atomic E-state index is 5.60. The zero-order chi connectivity index (χ0) is 9.52. The van der Waals surface area contributed by atoms with E-state index in [0.717, 1.165) is 17.7 Å². The van der Waals surface area contributed by atoms with Gasteiger partial charge < -0.3 is 5.73 Å². The highest BCUT2D eigenvalue weighted by Gasteiger charge is 2.22. The third-order valence-corrected chi connectivity index (χ3v) is 4.14. The van der Waals surface area contributed by atoms with E-state index in [2.05, 4.69) is 25.1 Å². The minimum atomic E-state index is 0. The fraction of sp³-hybridized carbons (Fsp3) is 0.909. The lowest BCUT2D eigenvalue weighted by molar-refractivity contribution is 0.360. The topological polar surface area (TPSA) is 26.0 Å². The molecule has 0 heterocycles. The molecule has 0 aromatic carbocycles. The lowest BCUT2D eigenvalue weighted by Crippen LogP contribution is -2.24. The van der Waals surface area contributed by atoms with E-state index in [1.54, 1.807) is 0 Å². The van der Waals surface area contributed by atoms with Crippen molar-refractivity contribution in [2.24, 2.45) is 11.7 Å². The van der Waals surface area contributed by atoms with Crippen LogP contribution in [0.3, 0.4) is 0 Å². The van der Waals surface area contributed by atoms with Crippen LogP contribution in [-0.2, 0) is 0 Å². The molecule has 2 N–H and O–H groups in total. The van der Waals surface area contributed by atoms with Crippen molar-refractivity contribution in [2.75, 3.05) is 12.3 Å². The molecule has 1 radical (unpaired) electrons. The van der Waals surface area contributed by atoms with Crippen LogP contribution < -0.4 is 5.73 Å². The number of thioether (sulfide) groups is 1. The molecular weight excluding hydrogens is 214 g/mol. The molecule has 1 saturated carbocycles. The molecule has 1 unspecified atom stereocenters. The van der Waals surface area contributed by atoms with Crippen LogP contribution >= 0.6 is 24.2 Å². The van der Waals surface area contributed by atoms with Gasteiger partial charge in [-0.3, -0.25) is 0 Å². The summed E-state index contributed by atoms with van der Waals surface area (Å²) in [7, 11) is 0. The molecule has 85 valence electrons. The summed E-state index contributed by atoms with van der Waals surface area (Å²) in [5.74, 6) is 2.14. The fourth-order valence-electron chi connectivity index (χ4n) is 2.19. The van der Waals surface area contributed by atoms with Crippen LogP contribution in [0.25, 0.3) is 0 Å². The summed E-state index contributed by atoms with van der Waals surface area (Å²) in [6.07, 6.45) is 9.48. The van der Waals surface area contributed by atoms with Crippen molar-refractivity contribution in [3.63, 3.8) is 0 Å². The average Bonchev–Trinajstić information content (AvgIpc) is 2.19. The van der Waals surface area contributed by atoms with Gasteiger partial charge in [0.25, 0.3) is 0 Å². The second-order valence-corrected chi connectivity index (χ2v) is 5.24. The highest BCUT2D eigenvalue weighted by molar-refractivity contribution is 8.00. The Labute approximate surface area is 99.0 Å². The molecule has 0 amide bonds. The maximum absolute atomic E-state index is 5.60. The van der Waals surface area contributed by atoms with E-state index in [0.29, 0.717) is 0 Å². The first-order valence-electron chi connectivity index (χ1n) is 5.53. The maximum Gasteiger partial charge on any atom is 0.0119 e. The average molecular weight is 237 g/mol. The molecule has 0 saturated heterocycles. The van der Waals surface area contributed by atoms with Crippen molar-refractivity contribution in [2.45, 2.75) is 44.3 Å². The SMILES string of the molecule is CCSC([CH]CN)C1CCCCC1.Cl. The third kappa shape index (κ3) is 4.90. The van der Waals surface area contributed by atoms with Crippen molar-refractivity contribution >= 4 is 24.2 Å². The Bertz CT molecular complexity index is 120. The van der Waals surface area contributed by atoms with Gasteiger partial charge in [-0.15, -0.1) is 12.4 Å². The van der Waals surface area contributed by atoms with Gasteiger partial charge in [-0.2, -0.15) is 11.8 Å². The van der Waals surface area contributed by atoms with E-state index in [1.165, 1.54) is 37.9 Å². The second-order valence-electron chi connectivity index (χ2n) is 3.79. The Morgan fingerprint density at radius 2 is 2.00 bits per heavy atom. The summed E-state index contributed by atoms with van der Waals surface area (Å²) in [5.41, 5.74) is 5.60. The van der Waals surface area contributed by atoms with Gasteiger partial charge in [-0.25, -0.2) is 0 Å². The molecule has 1 nitrogen and oxygen atoms in total. The molecular formula is C11H23ClNS. The van der Waals surface area contributed by atoms with Gasteiger partial charge in [0, 0.05) is 5.25 Å². The van der Waals surface area contributed by atoms with Crippen LogP contribution in [-0.4, -0.2) is 17.5 Å². The first kappa shape index (κ1) is 14.6. The molecule has 0 aromatic rings. The van der Waals surface area contributed by atoms with Crippen molar-refractivity contribution in [3.8, 4) is 0 Å². The van der Waals surface area contributed by atoms with E-state index in [9.17, 15) is 0 Å². The van der Waals surface area contributed by atoms with Crippen molar-refractivity contribution < 1.29 is 0 Å². The van der Waals surface area contributed by atoms with Gasteiger partial charge >= 0.3 is 0 Å². The molecule has 0 aliphatic heterocycles. The zero-order valence-electron chi connectivity index (χ0n) is 9.08. The summed E-state index contributed by atoms with van der Waals surface area (Å²) in [5, 5.41) is 0.732. The summed E-state index contributed by atoms with van der Waals surface area (Å²) >= 11 is 2.07. The van der Waals surface area contributed by atoms with Crippen LogP contribution in [0.5, 0.6) is 0 Å². The predicted molar refractivity (Wildman–Crippen MR) is 69.1 cm³/mol.